The first-order valence-corrected chi connectivity index (χ1v) is 29.2. The number of halogens is 4. The van der Waals surface area contributed by atoms with E-state index in [0.29, 0.717) is 86.1 Å². The van der Waals surface area contributed by atoms with Crippen molar-refractivity contribution in [3.05, 3.63) is 73.8 Å². The Bertz CT molecular complexity index is 3340. The molecule has 8 rings (SSSR count). The van der Waals surface area contributed by atoms with Crippen LogP contribution in [0.4, 0.5) is 17.6 Å². The average Bonchev–Trinajstić information content (AvgIpc) is 1.69. The molecule has 1 fully saturated rings. The maximum absolute atomic E-state index is 15.3. The number of imide groups is 1. The summed E-state index contributed by atoms with van der Waals surface area (Å²) in [6.07, 6.45) is 0.0232. The average molecular weight is 1260 g/mol. The van der Waals surface area contributed by atoms with Crippen molar-refractivity contribution in [2.24, 2.45) is 11.7 Å². The van der Waals surface area contributed by atoms with E-state index in [0.717, 1.165) is 21.4 Å². The Labute approximate surface area is 507 Å². The number of aryl methyl sites for hydroxylation is 1. The SMILES string of the molecule is CC[C@@]1(OC(=O)[C@@H](NC(=O)[C@@H]2CCCN2C(=O)[C@H](CC(=O)O)NC(=O)CCOCCOCCOCCNC(=O)CCCCCN2C(=O)C=CC2=O)C(C)C)C(=O)OCc2c1cc1n(c2=O)Cc2c-1nc1cc(F)c(C)c3c1c2[C@@H](N)CC3.O=C(O)C(F)(F)F. The van der Waals surface area contributed by atoms with Gasteiger partial charge in [-0.15, -0.1) is 0 Å². The minimum atomic E-state index is -5.08. The summed E-state index contributed by atoms with van der Waals surface area (Å²) in [4.78, 5) is 147. The van der Waals surface area contributed by atoms with Crippen molar-refractivity contribution in [3.8, 4) is 11.4 Å². The number of fused-ring (bicyclic) bond motifs is 5. The number of benzene rings is 1. The number of carboxylic acid groups (broad SMARTS) is 2. The fraction of sp³-hybridized carbons (Fsp3) is 0.559. The maximum atomic E-state index is 15.3. The predicted octanol–water partition coefficient (Wildman–Crippen LogP) is 2.79. The molecule has 0 unspecified atom stereocenters. The lowest BCUT2D eigenvalue weighted by Gasteiger charge is -2.37. The Morgan fingerprint density at radius 1 is 0.865 bits per heavy atom. The molecule has 1 saturated heterocycles. The molecule has 6 heterocycles. The number of carbonyl (C=O) groups is 10. The van der Waals surface area contributed by atoms with Crippen LogP contribution >= 0.6 is 0 Å². The number of amides is 6. The van der Waals surface area contributed by atoms with Crippen LogP contribution in [0.3, 0.4) is 0 Å². The van der Waals surface area contributed by atoms with Gasteiger partial charge in [-0.1, -0.05) is 27.2 Å². The number of nitrogens with one attached hydrogen (secondary N) is 3. The van der Waals surface area contributed by atoms with Crippen molar-refractivity contribution in [1.82, 2.24) is 35.3 Å². The minimum absolute atomic E-state index is 0.0406. The second-order valence-corrected chi connectivity index (χ2v) is 22.2. The zero-order valence-electron chi connectivity index (χ0n) is 49.6. The third-order valence-corrected chi connectivity index (χ3v) is 15.9. The van der Waals surface area contributed by atoms with Gasteiger partial charge in [0.25, 0.3) is 17.4 Å². The molecule has 484 valence electrons. The number of unbranched alkanes of at least 4 members (excludes halogenated alkanes) is 2. The third kappa shape index (κ3) is 16.0. The van der Waals surface area contributed by atoms with Crippen LogP contribution in [0.2, 0.25) is 0 Å². The van der Waals surface area contributed by atoms with Crippen molar-refractivity contribution in [2.75, 3.05) is 59.3 Å². The first kappa shape index (κ1) is 68.3. The number of pyridine rings is 2. The summed E-state index contributed by atoms with van der Waals surface area (Å²) >= 11 is 0. The number of nitrogens with two attached hydrogens (primary N) is 1. The molecule has 0 radical (unpaired) electrons. The number of aromatic nitrogens is 2. The second kappa shape index (κ2) is 29.9. The lowest BCUT2D eigenvalue weighted by molar-refractivity contribution is -0.192. The van der Waals surface area contributed by atoms with Crippen LogP contribution in [-0.2, 0) is 96.8 Å². The molecule has 6 amide bonds. The molecule has 0 spiro atoms. The topological polar surface area (TPSA) is 361 Å². The lowest BCUT2D eigenvalue weighted by atomic mass is 9.82. The van der Waals surface area contributed by atoms with Crippen molar-refractivity contribution in [2.45, 2.75) is 147 Å². The minimum Gasteiger partial charge on any atom is -0.481 e. The van der Waals surface area contributed by atoms with Crippen LogP contribution in [0, 0.1) is 18.7 Å². The van der Waals surface area contributed by atoms with Gasteiger partial charge < -0.3 is 65.0 Å². The van der Waals surface area contributed by atoms with Gasteiger partial charge in [-0.2, -0.15) is 13.2 Å². The highest BCUT2D eigenvalue weighted by atomic mass is 19.4. The fourth-order valence-electron chi connectivity index (χ4n) is 11.3. The quantitative estimate of drug-likeness (QED) is 0.0206. The second-order valence-electron chi connectivity index (χ2n) is 22.2. The largest absolute Gasteiger partial charge is 0.490 e. The molecule has 0 saturated carbocycles. The molecule has 5 aliphatic rings. The monoisotopic (exact) mass is 1260 g/mol. The summed E-state index contributed by atoms with van der Waals surface area (Å²) in [5.41, 5.74) is 8.12. The van der Waals surface area contributed by atoms with E-state index in [4.69, 9.17) is 44.3 Å². The van der Waals surface area contributed by atoms with E-state index in [1.54, 1.807) is 33.8 Å². The Kier molecular flexibility index (Phi) is 22.9. The predicted molar refractivity (Wildman–Crippen MR) is 302 cm³/mol. The van der Waals surface area contributed by atoms with Crippen molar-refractivity contribution in [3.63, 3.8) is 0 Å². The molecule has 0 bridgehead atoms. The first-order valence-electron chi connectivity index (χ1n) is 29.2. The van der Waals surface area contributed by atoms with Crippen molar-refractivity contribution >= 4 is 70.2 Å². The molecule has 7 N–H and O–H groups in total. The number of nitrogens with zero attached hydrogens (tertiary/aromatic N) is 4. The van der Waals surface area contributed by atoms with Crippen LogP contribution in [0.25, 0.3) is 22.3 Å². The summed E-state index contributed by atoms with van der Waals surface area (Å²) in [6, 6.07) is -1.60. The van der Waals surface area contributed by atoms with Gasteiger partial charge >= 0.3 is 30.1 Å². The van der Waals surface area contributed by atoms with Crippen LogP contribution in [0.1, 0.15) is 124 Å². The van der Waals surface area contributed by atoms with E-state index in [1.165, 1.54) is 27.7 Å². The smallest absolute Gasteiger partial charge is 0.481 e. The fourth-order valence-corrected chi connectivity index (χ4v) is 11.3. The van der Waals surface area contributed by atoms with Gasteiger partial charge in [0.1, 0.15) is 30.5 Å². The van der Waals surface area contributed by atoms with E-state index in [-0.39, 0.29) is 101 Å². The van der Waals surface area contributed by atoms with Gasteiger partial charge in [0.15, 0.2) is 0 Å². The third-order valence-electron chi connectivity index (χ3n) is 15.9. The number of esters is 2. The number of alkyl halides is 3. The summed E-state index contributed by atoms with van der Waals surface area (Å²) in [5, 5.41) is 25.5. The van der Waals surface area contributed by atoms with Crippen LogP contribution in [-0.4, -0.2) is 172 Å². The number of rotatable bonds is 28. The number of aliphatic carboxylic acids is 2. The highest BCUT2D eigenvalue weighted by molar-refractivity contribution is 6.12. The summed E-state index contributed by atoms with van der Waals surface area (Å²) in [6.45, 7) is 7.88. The van der Waals surface area contributed by atoms with Crippen LogP contribution < -0.4 is 27.2 Å². The van der Waals surface area contributed by atoms with E-state index in [1.807, 2.05) is 0 Å². The zero-order chi connectivity index (χ0) is 65.1. The van der Waals surface area contributed by atoms with Crippen molar-refractivity contribution < 1.29 is 99.4 Å². The number of likely N-dealkylation sites (tertiary alicyclic amines) is 1. The van der Waals surface area contributed by atoms with E-state index in [9.17, 15) is 66.2 Å². The molecule has 1 aromatic carbocycles. The number of carbonyl (C=O) groups excluding carboxylic acids is 8. The van der Waals surface area contributed by atoms with Gasteiger partial charge in [0.05, 0.1) is 75.1 Å². The summed E-state index contributed by atoms with van der Waals surface area (Å²) in [7, 11) is 0. The summed E-state index contributed by atoms with van der Waals surface area (Å²) in [5.74, 6) is -10.2. The van der Waals surface area contributed by atoms with Crippen LogP contribution in [0.5, 0.6) is 0 Å². The molecule has 26 nitrogen and oxygen atoms in total. The molecule has 5 atom stereocenters. The Morgan fingerprint density at radius 3 is 2.17 bits per heavy atom. The molecular formula is C59H72F4N8O18. The van der Waals surface area contributed by atoms with Gasteiger partial charge in [-0.25, -0.2) is 23.8 Å². The molecule has 4 aliphatic heterocycles. The number of hydrogen-bond acceptors (Lipinski definition) is 18. The number of hydrogen-bond donors (Lipinski definition) is 6. The number of carboxylic acids is 2. The molecule has 3 aromatic rings. The lowest BCUT2D eigenvalue weighted by Crippen LogP contribution is -2.57. The van der Waals surface area contributed by atoms with Crippen LogP contribution in [0.15, 0.2) is 29.1 Å². The first-order chi connectivity index (χ1) is 42.2. The highest BCUT2D eigenvalue weighted by Crippen LogP contribution is 2.46. The normalized spacial score (nSPS) is 18.8. The van der Waals surface area contributed by atoms with E-state index in [2.05, 4.69) is 16.0 Å². The molecular weight excluding hydrogens is 1180 g/mol. The van der Waals surface area contributed by atoms with Gasteiger partial charge in [-0.3, -0.25) is 43.3 Å². The Morgan fingerprint density at radius 2 is 1.53 bits per heavy atom. The molecule has 89 heavy (non-hydrogen) atoms. The maximum Gasteiger partial charge on any atom is 0.490 e. The summed E-state index contributed by atoms with van der Waals surface area (Å²) < 4.78 is 76.7. The zero-order valence-corrected chi connectivity index (χ0v) is 49.6. The molecule has 2 aromatic heterocycles. The standard InChI is InChI=1S/C57H71FN8O16.C2HF3O2/c1-5-57(36-26-42-51-34(29-66(42)53(74)35(36)30-81-56(57)77)48-38(59)13-12-33-32(4)37(58)27-39(62-51)49(33)48)82-55(76)50(31(2)3)63-52(73)41-10-9-19-64(41)54(75)40(28-47(71)72)61-44(68)16-20-78-22-24-80-25-23-79-21-17-60-43(67)11-7-6-8-18-65-45(69)14-15-46(65)70;3-2(4,5)1(6)7/h14-15,26-27,31,38,40-41,50H,5-13,16-25,28-30,59H2,1-4H3,(H,60,67)(H,61,68)(H,63,73)(H,71,72);(H,6,7)/t38-,40-,41-,50-,57-;/m0./s1. The Balaban J connectivity index is 0.00000152. The number of cyclic esters (lactones) is 1. The Hall–Kier alpha value is -8.22. The molecule has 1 aliphatic carbocycles. The van der Waals surface area contributed by atoms with E-state index < -0.39 is 108 Å². The highest BCUT2D eigenvalue weighted by Gasteiger charge is 2.52. The number of ether oxygens (including phenoxy) is 5. The van der Waals surface area contributed by atoms with Gasteiger partial charge in [0.2, 0.25) is 29.2 Å². The van der Waals surface area contributed by atoms with Crippen molar-refractivity contribution in [1.29, 1.82) is 0 Å². The molecule has 30 heteroatoms. The van der Waals surface area contributed by atoms with Gasteiger partial charge in [-0.05, 0) is 80.5 Å². The van der Waals surface area contributed by atoms with Gasteiger partial charge in [0, 0.05) is 73.2 Å². The van der Waals surface area contributed by atoms with E-state index >= 15 is 4.39 Å².